The van der Waals surface area contributed by atoms with Crippen LogP contribution >= 0.6 is 15.9 Å². The van der Waals surface area contributed by atoms with Crippen molar-refractivity contribution < 1.29 is 4.79 Å². The normalized spacial score (nSPS) is 10.7. The summed E-state index contributed by atoms with van der Waals surface area (Å²) < 4.78 is 2.49. The number of nitrogens with zero attached hydrogens (tertiary/aromatic N) is 5. The molecule has 3 aromatic heterocycles. The molecule has 3 aromatic rings. The van der Waals surface area contributed by atoms with Crippen LogP contribution in [0.5, 0.6) is 0 Å². The molecule has 0 bridgehead atoms. The highest BCUT2D eigenvalue weighted by atomic mass is 79.9. The average Bonchev–Trinajstić information content (AvgIpc) is 2.85. The van der Waals surface area contributed by atoms with Gasteiger partial charge >= 0.3 is 0 Å². The van der Waals surface area contributed by atoms with E-state index < -0.39 is 0 Å². The molecule has 122 valence electrons. The number of carbonyl (C=O) groups is 1. The molecule has 3 heterocycles. The Hall–Kier alpha value is -2.61. The molecule has 7 nitrogen and oxygen atoms in total. The molecule has 0 saturated heterocycles. The predicted molar refractivity (Wildman–Crippen MR) is 93.9 cm³/mol. The Bertz CT molecular complexity index is 921. The van der Waals surface area contributed by atoms with Crippen molar-refractivity contribution in [3.05, 3.63) is 46.5 Å². The predicted octanol–water partition coefficient (Wildman–Crippen LogP) is 3.06. The van der Waals surface area contributed by atoms with Gasteiger partial charge in [-0.1, -0.05) is 0 Å². The maximum Gasteiger partial charge on any atom is 0.253 e. The van der Waals surface area contributed by atoms with Crippen LogP contribution in [0.3, 0.4) is 0 Å². The van der Waals surface area contributed by atoms with Crippen LogP contribution in [-0.4, -0.2) is 30.6 Å². The smallest absolute Gasteiger partial charge is 0.253 e. The van der Waals surface area contributed by atoms with Crippen LogP contribution in [0.25, 0.3) is 17.2 Å². The summed E-state index contributed by atoms with van der Waals surface area (Å²) in [4.78, 5) is 24.5. The van der Waals surface area contributed by atoms with E-state index in [1.807, 2.05) is 26.0 Å². The Morgan fingerprint density at radius 2 is 1.96 bits per heavy atom. The van der Waals surface area contributed by atoms with Crippen LogP contribution < -0.4 is 5.32 Å². The van der Waals surface area contributed by atoms with Crippen molar-refractivity contribution >= 4 is 27.7 Å². The van der Waals surface area contributed by atoms with Crippen molar-refractivity contribution in [1.82, 2.24) is 24.7 Å². The molecule has 0 aliphatic heterocycles. The van der Waals surface area contributed by atoms with E-state index in [2.05, 4.69) is 41.3 Å². The number of aromatic nitrogens is 5. The third-order valence-electron chi connectivity index (χ3n) is 3.22. The first-order valence-corrected chi connectivity index (χ1v) is 8.03. The lowest BCUT2D eigenvalue weighted by atomic mass is 10.2. The number of aryl methyl sites for hydroxylation is 2. The highest BCUT2D eigenvalue weighted by Gasteiger charge is 2.12. The molecule has 3 rings (SSSR count). The topological polar surface area (TPSA) is 85.6 Å². The van der Waals surface area contributed by atoms with Gasteiger partial charge in [0.2, 0.25) is 5.91 Å². The number of hydrogen-bond donors (Lipinski definition) is 1. The quantitative estimate of drug-likeness (QED) is 0.747. The first kappa shape index (κ1) is 16.3. The van der Waals surface area contributed by atoms with Crippen LogP contribution in [-0.2, 0) is 4.79 Å². The Morgan fingerprint density at radius 1 is 1.17 bits per heavy atom. The van der Waals surface area contributed by atoms with E-state index in [9.17, 15) is 4.79 Å². The first-order valence-electron chi connectivity index (χ1n) is 7.23. The fourth-order valence-corrected chi connectivity index (χ4v) is 2.67. The lowest BCUT2D eigenvalue weighted by molar-refractivity contribution is -0.114. The fraction of sp³-hybridized carbons (Fsp3) is 0.188. The number of hydrogen-bond acceptors (Lipinski definition) is 5. The van der Waals surface area contributed by atoms with Gasteiger partial charge in [0.25, 0.3) is 5.95 Å². The van der Waals surface area contributed by atoms with Gasteiger partial charge in [-0.2, -0.15) is 10.1 Å². The van der Waals surface area contributed by atoms with E-state index in [0.717, 1.165) is 21.4 Å². The molecular weight excluding hydrogens is 372 g/mol. The zero-order valence-electron chi connectivity index (χ0n) is 13.4. The zero-order chi connectivity index (χ0) is 17.3. The van der Waals surface area contributed by atoms with Gasteiger partial charge in [-0.3, -0.25) is 9.78 Å². The molecule has 0 spiro atoms. The van der Waals surface area contributed by atoms with Crippen LogP contribution in [0.2, 0.25) is 0 Å². The molecule has 0 atom stereocenters. The molecule has 0 saturated carbocycles. The van der Waals surface area contributed by atoms with Crippen LogP contribution in [0.4, 0.5) is 5.82 Å². The molecule has 1 amide bonds. The summed E-state index contributed by atoms with van der Waals surface area (Å²) in [6.07, 6.45) is 3.40. The summed E-state index contributed by atoms with van der Waals surface area (Å²) in [5.41, 5.74) is 3.23. The number of pyridine rings is 1. The number of anilines is 1. The molecule has 0 fully saturated rings. The Balaban J connectivity index is 2.17. The lowest BCUT2D eigenvalue weighted by Gasteiger charge is -2.09. The lowest BCUT2D eigenvalue weighted by Crippen LogP contribution is -2.12. The van der Waals surface area contributed by atoms with Gasteiger partial charge in [0.05, 0.1) is 11.4 Å². The Labute approximate surface area is 147 Å². The number of halogens is 1. The molecule has 0 aromatic carbocycles. The zero-order valence-corrected chi connectivity index (χ0v) is 15.0. The molecule has 24 heavy (non-hydrogen) atoms. The van der Waals surface area contributed by atoms with Gasteiger partial charge in [-0.15, -0.1) is 0 Å². The minimum absolute atomic E-state index is 0.202. The van der Waals surface area contributed by atoms with Crippen LogP contribution in [0.15, 0.2) is 35.1 Å². The van der Waals surface area contributed by atoms with Gasteiger partial charge in [0.15, 0.2) is 0 Å². The molecule has 0 aliphatic rings. The second kappa shape index (κ2) is 6.48. The van der Waals surface area contributed by atoms with Crippen molar-refractivity contribution in [2.75, 3.05) is 5.32 Å². The average molecular weight is 387 g/mol. The van der Waals surface area contributed by atoms with Crippen LogP contribution in [0, 0.1) is 13.8 Å². The van der Waals surface area contributed by atoms with Gasteiger partial charge in [0.1, 0.15) is 5.82 Å². The largest absolute Gasteiger partial charge is 0.311 e. The third-order valence-corrected chi connectivity index (χ3v) is 3.65. The minimum Gasteiger partial charge on any atom is -0.311 e. The summed E-state index contributed by atoms with van der Waals surface area (Å²) in [5.74, 6) is 0.600. The van der Waals surface area contributed by atoms with E-state index >= 15 is 0 Å². The maximum atomic E-state index is 11.4. The first-order chi connectivity index (χ1) is 11.4. The number of nitrogens with one attached hydrogen (secondary N) is 1. The third kappa shape index (κ3) is 3.48. The minimum atomic E-state index is -0.202. The number of rotatable bonds is 3. The van der Waals surface area contributed by atoms with Gasteiger partial charge < -0.3 is 5.32 Å². The standard InChI is InChI=1S/C16H15BrN6O/c1-9-4-10(2)23(22-9)16-20-14(6-15(21-16)19-11(3)24)12-5-13(17)8-18-7-12/h4-8H,1-3H3,(H,19,20,21,24). The van der Waals surface area contributed by atoms with E-state index in [-0.39, 0.29) is 5.91 Å². The molecule has 1 N–H and O–H groups in total. The monoisotopic (exact) mass is 386 g/mol. The van der Waals surface area contributed by atoms with Crippen molar-refractivity contribution in [3.63, 3.8) is 0 Å². The molecular formula is C16H15BrN6O. The van der Waals surface area contributed by atoms with Gasteiger partial charge in [0, 0.05) is 41.1 Å². The van der Waals surface area contributed by atoms with Gasteiger partial charge in [-0.05, 0) is 41.9 Å². The summed E-state index contributed by atoms with van der Waals surface area (Å²) >= 11 is 3.40. The second-order valence-electron chi connectivity index (χ2n) is 5.35. The fourth-order valence-electron chi connectivity index (χ4n) is 2.30. The molecule has 0 unspecified atom stereocenters. The van der Waals surface area contributed by atoms with Crippen molar-refractivity contribution in [2.45, 2.75) is 20.8 Å². The SMILES string of the molecule is CC(=O)Nc1cc(-c2cncc(Br)c2)nc(-n2nc(C)cc2C)n1. The molecule has 0 radical (unpaired) electrons. The summed E-state index contributed by atoms with van der Waals surface area (Å²) in [6, 6.07) is 5.55. The number of amides is 1. The molecule has 8 heteroatoms. The van der Waals surface area contributed by atoms with Crippen LogP contribution in [0.1, 0.15) is 18.3 Å². The summed E-state index contributed by atoms with van der Waals surface area (Å²) in [6.45, 7) is 5.26. The summed E-state index contributed by atoms with van der Waals surface area (Å²) in [5, 5.41) is 7.11. The van der Waals surface area contributed by atoms with Gasteiger partial charge in [-0.25, -0.2) is 9.67 Å². The van der Waals surface area contributed by atoms with E-state index in [4.69, 9.17) is 0 Å². The van der Waals surface area contributed by atoms with Crippen molar-refractivity contribution in [3.8, 4) is 17.2 Å². The second-order valence-corrected chi connectivity index (χ2v) is 6.27. The number of carbonyl (C=O) groups excluding carboxylic acids is 1. The molecule has 0 aliphatic carbocycles. The van der Waals surface area contributed by atoms with E-state index in [1.165, 1.54) is 6.92 Å². The highest BCUT2D eigenvalue weighted by Crippen LogP contribution is 2.23. The maximum absolute atomic E-state index is 11.4. The Kier molecular flexibility index (Phi) is 4.39. The summed E-state index contributed by atoms with van der Waals surface area (Å²) in [7, 11) is 0. The van der Waals surface area contributed by atoms with Crippen molar-refractivity contribution in [1.29, 1.82) is 0 Å². The highest BCUT2D eigenvalue weighted by molar-refractivity contribution is 9.10. The Morgan fingerprint density at radius 3 is 2.58 bits per heavy atom. The van der Waals surface area contributed by atoms with E-state index in [0.29, 0.717) is 17.5 Å². The van der Waals surface area contributed by atoms with Crippen molar-refractivity contribution in [2.24, 2.45) is 0 Å². The van der Waals surface area contributed by atoms with E-state index in [1.54, 1.807) is 23.1 Å².